The SMILES string of the molecule is CC1CCC(C)(NC(=O)Cc2ccc(N)cc2)CC1.Cl. The average Bonchev–Trinajstić information content (AvgIpc) is 2.36. The van der Waals surface area contributed by atoms with Crippen LogP contribution in [0.25, 0.3) is 0 Å². The summed E-state index contributed by atoms with van der Waals surface area (Å²) in [6.07, 6.45) is 5.02. The molecule has 1 aliphatic carbocycles. The van der Waals surface area contributed by atoms with Gasteiger partial charge in [0.05, 0.1) is 6.42 Å². The smallest absolute Gasteiger partial charge is 0.224 e. The van der Waals surface area contributed by atoms with Crippen molar-refractivity contribution in [2.75, 3.05) is 5.73 Å². The van der Waals surface area contributed by atoms with Crippen molar-refractivity contribution < 1.29 is 4.79 Å². The van der Waals surface area contributed by atoms with Gasteiger partial charge in [-0.25, -0.2) is 0 Å². The van der Waals surface area contributed by atoms with Crippen molar-refractivity contribution in [1.82, 2.24) is 5.32 Å². The van der Waals surface area contributed by atoms with E-state index in [9.17, 15) is 4.79 Å². The Morgan fingerprint density at radius 2 is 1.85 bits per heavy atom. The first-order valence-corrected chi connectivity index (χ1v) is 7.12. The summed E-state index contributed by atoms with van der Waals surface area (Å²) in [4.78, 5) is 12.1. The highest BCUT2D eigenvalue weighted by molar-refractivity contribution is 5.85. The lowest BCUT2D eigenvalue weighted by molar-refractivity contribution is -0.122. The first kappa shape index (κ1) is 16.8. The Hall–Kier alpha value is -1.22. The van der Waals surface area contributed by atoms with E-state index in [0.717, 1.165) is 30.0 Å². The zero-order chi connectivity index (χ0) is 13.9. The number of hydrogen-bond acceptors (Lipinski definition) is 2. The van der Waals surface area contributed by atoms with Gasteiger partial charge < -0.3 is 11.1 Å². The maximum absolute atomic E-state index is 12.1. The van der Waals surface area contributed by atoms with Crippen LogP contribution in [0.5, 0.6) is 0 Å². The molecule has 1 amide bonds. The fourth-order valence-corrected chi connectivity index (χ4v) is 2.73. The zero-order valence-corrected chi connectivity index (χ0v) is 13.1. The third kappa shape index (κ3) is 4.71. The normalized spacial score (nSPS) is 25.6. The van der Waals surface area contributed by atoms with Crippen LogP contribution in [0.3, 0.4) is 0 Å². The molecule has 0 heterocycles. The van der Waals surface area contributed by atoms with Crippen molar-refractivity contribution in [3.05, 3.63) is 29.8 Å². The van der Waals surface area contributed by atoms with Crippen LogP contribution >= 0.6 is 12.4 Å². The largest absolute Gasteiger partial charge is 0.399 e. The number of nitrogen functional groups attached to an aromatic ring is 1. The molecule has 0 saturated heterocycles. The van der Waals surface area contributed by atoms with Crippen LogP contribution in [-0.2, 0) is 11.2 Å². The minimum absolute atomic E-state index is 0. The predicted octanol–water partition coefficient (Wildman–Crippen LogP) is 3.32. The van der Waals surface area contributed by atoms with Crippen LogP contribution in [0, 0.1) is 5.92 Å². The number of carbonyl (C=O) groups excluding carboxylic acids is 1. The van der Waals surface area contributed by atoms with Gasteiger partial charge in [-0.2, -0.15) is 0 Å². The Balaban J connectivity index is 0.00000200. The second-order valence-corrected chi connectivity index (χ2v) is 6.21. The van der Waals surface area contributed by atoms with E-state index in [1.807, 2.05) is 24.3 Å². The van der Waals surface area contributed by atoms with E-state index in [2.05, 4.69) is 19.2 Å². The van der Waals surface area contributed by atoms with Gasteiger partial charge in [0, 0.05) is 11.2 Å². The highest BCUT2D eigenvalue weighted by atomic mass is 35.5. The Morgan fingerprint density at radius 3 is 2.40 bits per heavy atom. The van der Waals surface area contributed by atoms with Crippen molar-refractivity contribution in [3.8, 4) is 0 Å². The second-order valence-electron chi connectivity index (χ2n) is 6.21. The number of rotatable bonds is 3. The molecule has 0 unspecified atom stereocenters. The van der Waals surface area contributed by atoms with E-state index in [1.54, 1.807) is 0 Å². The monoisotopic (exact) mass is 296 g/mol. The van der Waals surface area contributed by atoms with Crippen molar-refractivity contribution in [2.45, 2.75) is 51.5 Å². The molecule has 4 heteroatoms. The predicted molar refractivity (Wildman–Crippen MR) is 86.0 cm³/mol. The summed E-state index contributed by atoms with van der Waals surface area (Å²) in [5.74, 6) is 0.906. The van der Waals surface area contributed by atoms with E-state index in [0.29, 0.717) is 6.42 Å². The lowest BCUT2D eigenvalue weighted by atomic mass is 9.78. The molecule has 3 nitrogen and oxygen atoms in total. The van der Waals surface area contributed by atoms with E-state index < -0.39 is 0 Å². The summed E-state index contributed by atoms with van der Waals surface area (Å²) in [7, 11) is 0. The summed E-state index contributed by atoms with van der Waals surface area (Å²) in [6.45, 7) is 4.45. The lowest BCUT2D eigenvalue weighted by Crippen LogP contribution is -2.48. The van der Waals surface area contributed by atoms with Gasteiger partial charge in [-0.15, -0.1) is 12.4 Å². The van der Waals surface area contributed by atoms with Gasteiger partial charge in [0.15, 0.2) is 0 Å². The molecule has 1 fully saturated rings. The topological polar surface area (TPSA) is 55.1 Å². The molecule has 0 aliphatic heterocycles. The molecule has 1 aromatic rings. The fraction of sp³-hybridized carbons (Fsp3) is 0.562. The molecule has 1 saturated carbocycles. The van der Waals surface area contributed by atoms with E-state index in [4.69, 9.17) is 5.73 Å². The maximum Gasteiger partial charge on any atom is 0.224 e. The van der Waals surface area contributed by atoms with Crippen molar-refractivity contribution in [2.24, 2.45) is 5.92 Å². The fourth-order valence-electron chi connectivity index (χ4n) is 2.73. The van der Waals surface area contributed by atoms with Crippen molar-refractivity contribution >= 4 is 24.0 Å². The first-order valence-electron chi connectivity index (χ1n) is 7.12. The minimum Gasteiger partial charge on any atom is -0.399 e. The Labute approximate surface area is 127 Å². The molecule has 1 aliphatic rings. The standard InChI is InChI=1S/C16H24N2O.ClH/c1-12-7-9-16(2,10-8-12)18-15(19)11-13-3-5-14(17)6-4-13;/h3-6,12H,7-11,17H2,1-2H3,(H,18,19);1H. The number of carbonyl (C=O) groups is 1. The van der Waals surface area contributed by atoms with Crippen LogP contribution < -0.4 is 11.1 Å². The van der Waals surface area contributed by atoms with Crippen LogP contribution in [0.15, 0.2) is 24.3 Å². The average molecular weight is 297 g/mol. The third-order valence-electron chi connectivity index (χ3n) is 4.16. The molecular formula is C16H25ClN2O. The van der Waals surface area contributed by atoms with Gasteiger partial charge in [0.25, 0.3) is 0 Å². The van der Waals surface area contributed by atoms with Crippen LogP contribution in [0.4, 0.5) is 5.69 Å². The second kappa shape index (κ2) is 6.98. The summed E-state index contributed by atoms with van der Waals surface area (Å²) < 4.78 is 0. The van der Waals surface area contributed by atoms with Gasteiger partial charge in [-0.1, -0.05) is 19.1 Å². The van der Waals surface area contributed by atoms with Crippen LogP contribution in [-0.4, -0.2) is 11.4 Å². The number of nitrogens with two attached hydrogens (primary N) is 1. The molecule has 0 aromatic heterocycles. The minimum atomic E-state index is -0.0165. The van der Waals surface area contributed by atoms with Crippen LogP contribution in [0.2, 0.25) is 0 Å². The molecule has 0 radical (unpaired) electrons. The molecular weight excluding hydrogens is 272 g/mol. The van der Waals surface area contributed by atoms with E-state index >= 15 is 0 Å². The van der Waals surface area contributed by atoms with Gasteiger partial charge in [0.2, 0.25) is 5.91 Å². The molecule has 2 rings (SSSR count). The van der Waals surface area contributed by atoms with Gasteiger partial charge in [0.1, 0.15) is 0 Å². The van der Waals surface area contributed by atoms with Gasteiger partial charge >= 0.3 is 0 Å². The molecule has 0 atom stereocenters. The van der Waals surface area contributed by atoms with Crippen molar-refractivity contribution in [3.63, 3.8) is 0 Å². The summed E-state index contributed by atoms with van der Waals surface area (Å²) in [5, 5.41) is 3.21. The van der Waals surface area contributed by atoms with Gasteiger partial charge in [-0.05, 0) is 56.2 Å². The number of benzene rings is 1. The van der Waals surface area contributed by atoms with Crippen LogP contribution in [0.1, 0.15) is 45.1 Å². The highest BCUT2D eigenvalue weighted by Gasteiger charge is 2.30. The molecule has 112 valence electrons. The molecule has 1 aromatic carbocycles. The first-order chi connectivity index (χ1) is 8.97. The Kier molecular flexibility index (Phi) is 5.88. The summed E-state index contributed by atoms with van der Waals surface area (Å²) in [5.41, 5.74) is 7.37. The number of halogens is 1. The quantitative estimate of drug-likeness (QED) is 0.841. The Bertz CT molecular complexity index is 436. The molecule has 0 bridgehead atoms. The Morgan fingerprint density at radius 1 is 1.30 bits per heavy atom. The van der Waals surface area contributed by atoms with Gasteiger partial charge in [-0.3, -0.25) is 4.79 Å². The summed E-state index contributed by atoms with van der Waals surface area (Å²) >= 11 is 0. The number of hydrogen-bond donors (Lipinski definition) is 2. The van der Waals surface area contributed by atoms with E-state index in [-0.39, 0.29) is 23.9 Å². The molecule has 20 heavy (non-hydrogen) atoms. The zero-order valence-electron chi connectivity index (χ0n) is 12.3. The number of anilines is 1. The molecule has 0 spiro atoms. The van der Waals surface area contributed by atoms with Crippen molar-refractivity contribution in [1.29, 1.82) is 0 Å². The van der Waals surface area contributed by atoms with E-state index in [1.165, 1.54) is 12.8 Å². The highest BCUT2D eigenvalue weighted by Crippen LogP contribution is 2.31. The number of nitrogens with one attached hydrogen (secondary N) is 1. The molecule has 3 N–H and O–H groups in total. The summed E-state index contributed by atoms with van der Waals surface area (Å²) in [6, 6.07) is 7.51. The third-order valence-corrected chi connectivity index (χ3v) is 4.16. The lowest BCUT2D eigenvalue weighted by Gasteiger charge is -2.37. The maximum atomic E-state index is 12.1. The number of amides is 1.